The van der Waals surface area contributed by atoms with Gasteiger partial charge in [-0.3, -0.25) is 14.9 Å². The number of thiocarbonyl (C=S) groups is 1. The van der Waals surface area contributed by atoms with Crippen molar-refractivity contribution < 1.29 is 19.2 Å². The molecule has 9 heteroatoms. The van der Waals surface area contributed by atoms with Crippen LogP contribution in [0.2, 0.25) is 0 Å². The summed E-state index contributed by atoms with van der Waals surface area (Å²) >= 11 is 5.35. The molecule has 0 radical (unpaired) electrons. The van der Waals surface area contributed by atoms with Crippen LogP contribution in [0, 0.1) is 10.1 Å². The van der Waals surface area contributed by atoms with Crippen LogP contribution in [0.5, 0.6) is 11.5 Å². The number of para-hydroxylation sites is 1. The molecule has 2 aromatic rings. The minimum absolute atomic E-state index is 0.0354. The maximum Gasteiger partial charge on any atom is 0.272 e. The van der Waals surface area contributed by atoms with Crippen LogP contribution in [0.15, 0.2) is 42.5 Å². The second-order valence-electron chi connectivity index (χ2n) is 7.00. The van der Waals surface area contributed by atoms with E-state index in [-0.39, 0.29) is 10.9 Å². The zero-order valence-corrected chi connectivity index (χ0v) is 16.9. The molecule has 2 aliphatic rings. The molecule has 3 atom stereocenters. The molecule has 1 N–H and O–H groups in total. The van der Waals surface area contributed by atoms with E-state index in [4.69, 9.17) is 21.7 Å². The van der Waals surface area contributed by atoms with Gasteiger partial charge in [0.25, 0.3) is 11.9 Å². The predicted molar refractivity (Wildman–Crippen MR) is 110 cm³/mol. The summed E-state index contributed by atoms with van der Waals surface area (Å²) in [6, 6.07) is 11.1. The topological polar surface area (TPSA) is 93.9 Å². The highest BCUT2D eigenvalue weighted by molar-refractivity contribution is 7.80. The lowest BCUT2D eigenvalue weighted by molar-refractivity contribution is -0.505. The van der Waals surface area contributed by atoms with Crippen molar-refractivity contribution in [2.45, 2.75) is 17.5 Å². The third-order valence-corrected chi connectivity index (χ3v) is 6.04. The number of likely N-dealkylation sites (N-methyl/N-ethyl adjacent to an activating group) is 1. The van der Waals surface area contributed by atoms with Gasteiger partial charge in [-0.1, -0.05) is 36.5 Å². The maximum absolute atomic E-state index is 13.5. The molecular weight excluding hydrogens is 394 g/mol. The Morgan fingerprint density at radius 1 is 1.17 bits per heavy atom. The second kappa shape index (κ2) is 6.70. The number of hydrogen-bond donors (Lipinski definition) is 1. The molecule has 0 aliphatic carbocycles. The molecule has 8 nitrogen and oxygen atoms in total. The number of nitro groups is 1. The Bertz CT molecular complexity index is 1040. The minimum atomic E-state index is -1.36. The van der Waals surface area contributed by atoms with Gasteiger partial charge in [-0.25, -0.2) is 0 Å². The molecule has 1 saturated heterocycles. The summed E-state index contributed by atoms with van der Waals surface area (Å²) in [5, 5.41) is 15.0. The number of methoxy groups -OCH3 is 2. The summed E-state index contributed by atoms with van der Waals surface area (Å²) in [6.45, 7) is 0. The number of nitrogens with zero attached hydrogens (tertiary/aromatic N) is 2. The third kappa shape index (κ3) is 2.50. The number of anilines is 1. The Morgan fingerprint density at radius 3 is 2.52 bits per heavy atom. The number of amides is 1. The lowest BCUT2D eigenvalue weighted by Crippen LogP contribution is -2.50. The van der Waals surface area contributed by atoms with E-state index in [2.05, 4.69) is 5.32 Å². The summed E-state index contributed by atoms with van der Waals surface area (Å²) in [5.41, 5.74) is 0.566. The predicted octanol–water partition coefficient (Wildman–Crippen LogP) is 2.24. The normalized spacial score (nSPS) is 25.1. The Balaban J connectivity index is 1.99. The van der Waals surface area contributed by atoms with Crippen molar-refractivity contribution in [3.8, 4) is 11.5 Å². The Hall–Kier alpha value is -3.20. The fourth-order valence-electron chi connectivity index (χ4n) is 4.44. The highest BCUT2D eigenvalue weighted by atomic mass is 32.1. The first-order valence-corrected chi connectivity index (χ1v) is 9.32. The fourth-order valence-corrected chi connectivity index (χ4v) is 4.82. The van der Waals surface area contributed by atoms with Gasteiger partial charge in [-0.15, -0.1) is 0 Å². The molecule has 2 heterocycles. The van der Waals surface area contributed by atoms with Crippen molar-refractivity contribution in [2.75, 3.05) is 26.2 Å². The maximum atomic E-state index is 13.5. The molecule has 0 aromatic heterocycles. The molecule has 29 heavy (non-hydrogen) atoms. The standard InChI is InChI=1S/C20H19N3O5S/c1-22-13-7-5-4-6-12(13)20(19(22)24)16(17(23(25)26)18(29)21-20)11-8-9-14(27-2)15(10-11)28-3/h4-10,16-17H,1-3H3,(H,21,29)/t16-,17-,20-/m1/s1. The van der Waals surface area contributed by atoms with E-state index in [9.17, 15) is 14.9 Å². The quantitative estimate of drug-likeness (QED) is 0.467. The number of fused-ring (bicyclic) bond motifs is 2. The van der Waals surface area contributed by atoms with Crippen LogP contribution >= 0.6 is 12.2 Å². The molecule has 4 rings (SSSR count). The molecule has 1 amide bonds. The van der Waals surface area contributed by atoms with Gasteiger partial charge in [0.05, 0.1) is 20.1 Å². The zero-order chi connectivity index (χ0) is 20.9. The molecule has 2 aromatic carbocycles. The number of carbonyl (C=O) groups excluding carboxylic acids is 1. The Labute approximate surface area is 172 Å². The molecule has 0 saturated carbocycles. The van der Waals surface area contributed by atoms with Gasteiger partial charge in [0.2, 0.25) is 0 Å². The molecule has 1 spiro atoms. The van der Waals surface area contributed by atoms with Crippen LogP contribution in [-0.2, 0) is 10.3 Å². The van der Waals surface area contributed by atoms with Crippen molar-refractivity contribution in [3.63, 3.8) is 0 Å². The van der Waals surface area contributed by atoms with Crippen LogP contribution in [0.25, 0.3) is 0 Å². The molecule has 2 aliphatic heterocycles. The number of carbonyl (C=O) groups is 1. The molecule has 0 bridgehead atoms. The summed E-state index contributed by atoms with van der Waals surface area (Å²) in [7, 11) is 4.66. The number of benzene rings is 2. The number of nitrogens with one attached hydrogen (secondary N) is 1. The van der Waals surface area contributed by atoms with Crippen molar-refractivity contribution in [3.05, 3.63) is 63.7 Å². The lowest BCUT2D eigenvalue weighted by atomic mass is 9.74. The van der Waals surface area contributed by atoms with Gasteiger partial charge >= 0.3 is 0 Å². The van der Waals surface area contributed by atoms with Crippen LogP contribution in [-0.4, -0.2) is 43.1 Å². The van der Waals surface area contributed by atoms with E-state index in [1.807, 2.05) is 24.3 Å². The Morgan fingerprint density at radius 2 is 1.86 bits per heavy atom. The van der Waals surface area contributed by atoms with Gasteiger partial charge in [0, 0.05) is 23.2 Å². The summed E-state index contributed by atoms with van der Waals surface area (Å²) in [6.07, 6.45) is 0. The first-order chi connectivity index (χ1) is 13.9. The third-order valence-electron chi connectivity index (χ3n) is 5.70. The van der Waals surface area contributed by atoms with Crippen LogP contribution in [0.3, 0.4) is 0 Å². The summed E-state index contributed by atoms with van der Waals surface area (Å²) in [5.74, 6) is -0.229. The number of rotatable bonds is 4. The van der Waals surface area contributed by atoms with E-state index in [0.717, 1.165) is 0 Å². The van der Waals surface area contributed by atoms with Gasteiger partial charge in [0.15, 0.2) is 22.0 Å². The van der Waals surface area contributed by atoms with Crippen molar-refractivity contribution in [2.24, 2.45) is 0 Å². The molecule has 150 valence electrons. The van der Waals surface area contributed by atoms with E-state index in [0.29, 0.717) is 28.3 Å². The SMILES string of the molecule is COc1ccc([C@@H]2[C@@H]([N+](=O)[O-])C(=S)N[C@@]23C(=O)N(C)c2ccccc23)cc1OC. The first-order valence-electron chi connectivity index (χ1n) is 8.92. The molecular formula is C20H19N3O5S. The summed E-state index contributed by atoms with van der Waals surface area (Å²) < 4.78 is 10.7. The molecule has 1 fully saturated rings. The largest absolute Gasteiger partial charge is 0.493 e. The number of ether oxygens (including phenoxy) is 2. The van der Waals surface area contributed by atoms with Gasteiger partial charge in [-0.2, -0.15) is 0 Å². The van der Waals surface area contributed by atoms with Crippen molar-refractivity contribution in [1.82, 2.24) is 5.32 Å². The van der Waals surface area contributed by atoms with Gasteiger partial charge in [0.1, 0.15) is 0 Å². The van der Waals surface area contributed by atoms with Crippen molar-refractivity contribution in [1.29, 1.82) is 0 Å². The summed E-state index contributed by atoms with van der Waals surface area (Å²) in [4.78, 5) is 26.6. The van der Waals surface area contributed by atoms with E-state index in [1.165, 1.54) is 19.1 Å². The van der Waals surface area contributed by atoms with Gasteiger partial charge in [-0.05, 0) is 23.8 Å². The monoisotopic (exact) mass is 413 g/mol. The smallest absolute Gasteiger partial charge is 0.272 e. The van der Waals surface area contributed by atoms with Crippen molar-refractivity contribution >= 4 is 28.8 Å². The van der Waals surface area contributed by atoms with Crippen LogP contribution < -0.4 is 19.7 Å². The Kier molecular flexibility index (Phi) is 4.42. The second-order valence-corrected chi connectivity index (χ2v) is 7.44. The fraction of sp³-hybridized carbons (Fsp3) is 0.300. The van der Waals surface area contributed by atoms with Crippen LogP contribution in [0.1, 0.15) is 17.0 Å². The first kappa shape index (κ1) is 19.1. The minimum Gasteiger partial charge on any atom is -0.493 e. The highest BCUT2D eigenvalue weighted by Gasteiger charge is 2.66. The van der Waals surface area contributed by atoms with E-state index in [1.54, 1.807) is 25.2 Å². The molecule has 0 unspecified atom stereocenters. The number of hydrogen-bond acceptors (Lipinski definition) is 6. The van der Waals surface area contributed by atoms with E-state index < -0.39 is 22.4 Å². The van der Waals surface area contributed by atoms with Crippen LogP contribution in [0.4, 0.5) is 5.69 Å². The highest BCUT2D eigenvalue weighted by Crippen LogP contribution is 2.53. The lowest BCUT2D eigenvalue weighted by Gasteiger charge is -2.30. The van der Waals surface area contributed by atoms with E-state index >= 15 is 0 Å². The van der Waals surface area contributed by atoms with Gasteiger partial charge < -0.3 is 19.7 Å². The zero-order valence-electron chi connectivity index (χ0n) is 16.0. The average Bonchev–Trinajstić information content (AvgIpc) is 3.15. The average molecular weight is 413 g/mol.